The lowest BCUT2D eigenvalue weighted by atomic mass is 9.85. The molecular weight excluding hydrogens is 482 g/mol. The van der Waals surface area contributed by atoms with Crippen molar-refractivity contribution in [2.45, 2.75) is 19.3 Å². The summed E-state index contributed by atoms with van der Waals surface area (Å²) in [6, 6.07) is 8.23. The second-order valence-corrected chi connectivity index (χ2v) is 10.1. The van der Waals surface area contributed by atoms with Gasteiger partial charge in [-0.05, 0) is 70.7 Å². The van der Waals surface area contributed by atoms with Gasteiger partial charge in [-0.15, -0.1) is 0 Å². The highest BCUT2D eigenvalue weighted by atomic mass is 32.1. The molecule has 8 nitrogen and oxygen atoms in total. The third-order valence-corrected chi connectivity index (χ3v) is 7.68. The summed E-state index contributed by atoms with van der Waals surface area (Å²) in [6.07, 6.45) is 14.3. The van der Waals surface area contributed by atoms with Crippen molar-refractivity contribution in [2.24, 2.45) is 5.92 Å². The number of carbonyl (C=O) groups is 1. The minimum Gasteiger partial charge on any atom is -0.367 e. The first kappa shape index (κ1) is 21.8. The number of nitrogens with one attached hydrogen (secondary N) is 4. The second-order valence-electron chi connectivity index (χ2n) is 9.33. The first-order valence-electron chi connectivity index (χ1n) is 12.2. The summed E-state index contributed by atoms with van der Waals surface area (Å²) in [5.41, 5.74) is 8.20. The number of pyridine rings is 1. The molecule has 0 unspecified atom stereocenters. The minimum atomic E-state index is 0.0946. The van der Waals surface area contributed by atoms with E-state index >= 15 is 0 Å². The highest BCUT2D eigenvalue weighted by Crippen LogP contribution is 2.33. The van der Waals surface area contributed by atoms with Gasteiger partial charge in [-0.3, -0.25) is 14.9 Å². The molecule has 7 rings (SSSR count). The van der Waals surface area contributed by atoms with E-state index in [0.717, 1.165) is 74.9 Å². The maximum Gasteiger partial charge on any atom is 0.227 e. The number of amides is 1. The molecule has 0 saturated heterocycles. The summed E-state index contributed by atoms with van der Waals surface area (Å²) in [6.45, 7) is 0. The fraction of sp³-hybridized carbons (Fsp3) is 0.143. The maximum atomic E-state index is 12.5. The number of allylic oxidation sites excluding steroid dienone is 3. The van der Waals surface area contributed by atoms with Crippen LogP contribution in [0.1, 0.15) is 24.8 Å². The van der Waals surface area contributed by atoms with Gasteiger partial charge in [-0.25, -0.2) is 4.98 Å². The van der Waals surface area contributed by atoms with Crippen LogP contribution in [0.2, 0.25) is 0 Å². The number of aromatic nitrogens is 5. The molecule has 4 aromatic heterocycles. The topological polar surface area (TPSA) is 111 Å². The Kier molecular flexibility index (Phi) is 5.21. The van der Waals surface area contributed by atoms with E-state index in [1.807, 2.05) is 42.9 Å². The Bertz CT molecular complexity index is 1730. The molecule has 5 aromatic rings. The van der Waals surface area contributed by atoms with E-state index in [4.69, 9.17) is 4.98 Å². The Morgan fingerprint density at radius 2 is 2.05 bits per heavy atom. The first-order valence-corrected chi connectivity index (χ1v) is 13.2. The largest absolute Gasteiger partial charge is 0.367 e. The van der Waals surface area contributed by atoms with Crippen LogP contribution in [0.15, 0.2) is 77.7 Å². The minimum absolute atomic E-state index is 0.0946. The van der Waals surface area contributed by atoms with Crippen LogP contribution in [0.4, 0.5) is 0 Å². The summed E-state index contributed by atoms with van der Waals surface area (Å²) in [5, 5.41) is 19.1. The predicted molar refractivity (Wildman–Crippen MR) is 146 cm³/mol. The van der Waals surface area contributed by atoms with Gasteiger partial charge < -0.3 is 15.6 Å². The van der Waals surface area contributed by atoms with Gasteiger partial charge in [0.05, 0.1) is 17.2 Å². The Morgan fingerprint density at radius 1 is 1.11 bits per heavy atom. The third-order valence-electron chi connectivity index (χ3n) is 7.00. The van der Waals surface area contributed by atoms with Gasteiger partial charge >= 0.3 is 0 Å². The molecule has 4 N–H and O–H groups in total. The second kappa shape index (κ2) is 8.86. The SMILES string of the molecule is O=C(NC1=CC(c2ccc3[nH]nc(-c4nc5c(-c6ccsc6)cncc5[nH]4)c3c2)=CNC=C1)C1CCC1. The fourth-order valence-electron chi connectivity index (χ4n) is 4.74. The van der Waals surface area contributed by atoms with Crippen LogP contribution in [0.5, 0.6) is 0 Å². The number of thiophene rings is 1. The number of fused-ring (bicyclic) bond motifs is 2. The number of aromatic amines is 2. The predicted octanol–water partition coefficient (Wildman–Crippen LogP) is 5.49. The zero-order valence-corrected chi connectivity index (χ0v) is 20.6. The van der Waals surface area contributed by atoms with Crippen molar-refractivity contribution in [1.29, 1.82) is 0 Å². The molecule has 0 atom stereocenters. The molecule has 0 spiro atoms. The molecule has 1 fully saturated rings. The molecule has 1 saturated carbocycles. The zero-order valence-electron chi connectivity index (χ0n) is 19.8. The smallest absolute Gasteiger partial charge is 0.227 e. The molecular formula is C28H23N7OS. The van der Waals surface area contributed by atoms with E-state index in [-0.39, 0.29) is 11.8 Å². The number of hydrogen-bond acceptors (Lipinski definition) is 6. The van der Waals surface area contributed by atoms with Crippen LogP contribution in [-0.4, -0.2) is 31.1 Å². The molecule has 0 bridgehead atoms. The van der Waals surface area contributed by atoms with Crippen LogP contribution in [-0.2, 0) is 4.79 Å². The lowest BCUT2D eigenvalue weighted by molar-refractivity contribution is -0.126. The lowest BCUT2D eigenvalue weighted by Crippen LogP contribution is -2.33. The van der Waals surface area contributed by atoms with Crippen molar-refractivity contribution < 1.29 is 4.79 Å². The Balaban J connectivity index is 1.26. The quantitative estimate of drug-likeness (QED) is 0.252. The molecule has 5 heterocycles. The third kappa shape index (κ3) is 3.93. The maximum absolute atomic E-state index is 12.5. The molecule has 1 aliphatic heterocycles. The van der Waals surface area contributed by atoms with E-state index in [1.54, 1.807) is 17.5 Å². The normalized spacial score (nSPS) is 15.7. The molecule has 182 valence electrons. The highest BCUT2D eigenvalue weighted by molar-refractivity contribution is 7.08. The number of rotatable bonds is 5. The zero-order chi connectivity index (χ0) is 24.8. The van der Waals surface area contributed by atoms with Gasteiger partial charge in [-0.1, -0.05) is 12.5 Å². The van der Waals surface area contributed by atoms with Crippen molar-refractivity contribution in [3.05, 3.63) is 83.2 Å². The number of hydrogen-bond donors (Lipinski definition) is 4. The van der Waals surface area contributed by atoms with Crippen molar-refractivity contribution >= 4 is 44.8 Å². The van der Waals surface area contributed by atoms with E-state index in [0.29, 0.717) is 5.82 Å². The van der Waals surface area contributed by atoms with E-state index in [1.165, 1.54) is 0 Å². The number of H-pyrrole nitrogens is 2. The van der Waals surface area contributed by atoms with Crippen LogP contribution < -0.4 is 10.6 Å². The Labute approximate surface area is 216 Å². The summed E-state index contributed by atoms with van der Waals surface area (Å²) in [4.78, 5) is 25.2. The fourth-order valence-corrected chi connectivity index (χ4v) is 5.40. The average Bonchev–Trinajstić information content (AvgIpc) is 3.60. The molecule has 9 heteroatoms. The molecule has 2 aliphatic rings. The van der Waals surface area contributed by atoms with Crippen LogP contribution in [0.3, 0.4) is 0 Å². The van der Waals surface area contributed by atoms with Gasteiger partial charge in [0, 0.05) is 41.2 Å². The molecule has 0 radical (unpaired) electrons. The molecule has 1 amide bonds. The molecule has 37 heavy (non-hydrogen) atoms. The highest BCUT2D eigenvalue weighted by Gasteiger charge is 2.25. The van der Waals surface area contributed by atoms with Gasteiger partial charge in [0.2, 0.25) is 5.91 Å². The van der Waals surface area contributed by atoms with Crippen molar-refractivity contribution in [1.82, 2.24) is 35.8 Å². The molecule has 1 aliphatic carbocycles. The van der Waals surface area contributed by atoms with Gasteiger partial charge in [0.1, 0.15) is 11.2 Å². The number of benzene rings is 1. The summed E-state index contributed by atoms with van der Waals surface area (Å²) in [5.74, 6) is 0.903. The van der Waals surface area contributed by atoms with E-state index in [2.05, 4.69) is 53.7 Å². The number of carbonyl (C=O) groups excluding carboxylic acids is 1. The standard InChI is InChI=1S/C28H23N7OS/c36-28(16-2-1-3-16)31-20-6-8-29-12-19(10-20)17-4-5-23-21(11-17)26(35-34-23)27-32-24-14-30-13-22(25(24)33-27)18-7-9-37-15-18/h4-16,29H,1-3H2,(H,31,36)(H,32,33)(H,34,35). The van der Waals surface area contributed by atoms with E-state index in [9.17, 15) is 4.79 Å². The number of imidazole rings is 1. The van der Waals surface area contributed by atoms with Gasteiger partial charge in [0.15, 0.2) is 5.82 Å². The average molecular weight is 506 g/mol. The first-order chi connectivity index (χ1) is 18.2. The van der Waals surface area contributed by atoms with Crippen molar-refractivity contribution in [3.8, 4) is 22.6 Å². The van der Waals surface area contributed by atoms with Crippen LogP contribution in [0.25, 0.3) is 50.2 Å². The van der Waals surface area contributed by atoms with Crippen LogP contribution in [0, 0.1) is 5.92 Å². The Hall–Kier alpha value is -4.50. The van der Waals surface area contributed by atoms with E-state index < -0.39 is 0 Å². The lowest BCUT2D eigenvalue weighted by Gasteiger charge is -2.24. The summed E-state index contributed by atoms with van der Waals surface area (Å²) in [7, 11) is 0. The number of nitrogens with zero attached hydrogens (tertiary/aromatic N) is 3. The Morgan fingerprint density at radius 3 is 2.89 bits per heavy atom. The summed E-state index contributed by atoms with van der Waals surface area (Å²) < 4.78 is 0. The molecule has 1 aromatic carbocycles. The van der Waals surface area contributed by atoms with Crippen molar-refractivity contribution in [2.75, 3.05) is 0 Å². The van der Waals surface area contributed by atoms with Gasteiger partial charge in [-0.2, -0.15) is 16.4 Å². The monoisotopic (exact) mass is 505 g/mol. The van der Waals surface area contributed by atoms with Crippen LogP contribution >= 0.6 is 11.3 Å². The van der Waals surface area contributed by atoms with Gasteiger partial charge in [0.25, 0.3) is 0 Å². The van der Waals surface area contributed by atoms with Crippen molar-refractivity contribution in [3.63, 3.8) is 0 Å². The summed E-state index contributed by atoms with van der Waals surface area (Å²) >= 11 is 1.65.